The van der Waals surface area contributed by atoms with Gasteiger partial charge < -0.3 is 20.1 Å². The van der Waals surface area contributed by atoms with Gasteiger partial charge in [0.25, 0.3) is 0 Å². The lowest BCUT2D eigenvalue weighted by atomic mass is 10.1. The molecular formula is C28H44FN3O7. The zero-order valence-electron chi connectivity index (χ0n) is 24.3. The van der Waals surface area contributed by atoms with Crippen LogP contribution in [0.4, 0.5) is 4.39 Å². The van der Waals surface area contributed by atoms with Crippen LogP contribution in [0, 0.1) is 5.82 Å². The van der Waals surface area contributed by atoms with Crippen molar-refractivity contribution in [3.63, 3.8) is 0 Å². The first kappa shape index (κ1) is 34.0. The molecule has 39 heavy (non-hydrogen) atoms. The van der Waals surface area contributed by atoms with Crippen molar-refractivity contribution in [1.82, 2.24) is 9.96 Å². The highest BCUT2D eigenvalue weighted by atomic mass is 19.1. The Kier molecular flexibility index (Phi) is 13.5. The maximum atomic E-state index is 14.7. The van der Waals surface area contributed by atoms with E-state index >= 15 is 0 Å². The van der Waals surface area contributed by atoms with Gasteiger partial charge in [0.2, 0.25) is 12.3 Å². The fourth-order valence-electron chi connectivity index (χ4n) is 3.61. The summed E-state index contributed by atoms with van der Waals surface area (Å²) in [6.45, 7) is 11.3. The standard InChI is InChI=1S/C28H44FN3O7/c1-27(2,3)38-26(36)20-12-13-22(29)21(16-20)18-31(25(35)23(30)17-24(34)37-7)14-10-8-9-11-15-32(19-33)39-28(4,5)6/h12-13,16,19,23H,8-11,14-15,17-18,30H2,1-7H3/t23-/m0/s1. The molecule has 1 aromatic rings. The fourth-order valence-corrected chi connectivity index (χ4v) is 3.61. The number of ether oxygens (including phenoxy) is 2. The Morgan fingerprint density at radius 3 is 2.15 bits per heavy atom. The van der Waals surface area contributed by atoms with Crippen molar-refractivity contribution in [3.8, 4) is 0 Å². The molecule has 1 atom stereocenters. The van der Waals surface area contributed by atoms with Crippen LogP contribution in [0.2, 0.25) is 0 Å². The van der Waals surface area contributed by atoms with Gasteiger partial charge in [0.05, 0.1) is 30.7 Å². The van der Waals surface area contributed by atoms with Crippen molar-refractivity contribution >= 4 is 24.3 Å². The summed E-state index contributed by atoms with van der Waals surface area (Å²) in [5.41, 5.74) is 5.04. The van der Waals surface area contributed by atoms with Crippen molar-refractivity contribution < 1.29 is 37.9 Å². The second kappa shape index (κ2) is 15.5. The highest BCUT2D eigenvalue weighted by Crippen LogP contribution is 2.19. The van der Waals surface area contributed by atoms with Crippen molar-refractivity contribution in [2.24, 2.45) is 5.73 Å². The van der Waals surface area contributed by atoms with E-state index in [-0.39, 0.29) is 30.6 Å². The summed E-state index contributed by atoms with van der Waals surface area (Å²) in [5, 5.41) is 1.27. The van der Waals surface area contributed by atoms with Crippen LogP contribution in [-0.2, 0) is 35.2 Å². The number of hydroxylamine groups is 2. The molecule has 220 valence electrons. The van der Waals surface area contributed by atoms with E-state index in [4.69, 9.17) is 15.3 Å². The number of rotatable bonds is 15. The SMILES string of the molecule is COC(=O)C[C@H](N)C(=O)N(CCCCCCN(C=O)OC(C)(C)C)Cc1cc(C(=O)OC(C)(C)C)ccc1F. The summed E-state index contributed by atoms with van der Waals surface area (Å²) in [6, 6.07) is 2.68. The third-order valence-electron chi connectivity index (χ3n) is 5.35. The Balaban J connectivity index is 2.91. The lowest BCUT2D eigenvalue weighted by Crippen LogP contribution is -2.45. The molecule has 0 saturated heterocycles. The Morgan fingerprint density at radius 2 is 1.62 bits per heavy atom. The van der Waals surface area contributed by atoms with Crippen molar-refractivity contribution in [2.45, 2.75) is 97.4 Å². The Morgan fingerprint density at radius 1 is 1.00 bits per heavy atom. The lowest BCUT2D eigenvalue weighted by Gasteiger charge is -2.27. The highest BCUT2D eigenvalue weighted by molar-refractivity contribution is 5.90. The summed E-state index contributed by atoms with van der Waals surface area (Å²) in [7, 11) is 1.20. The smallest absolute Gasteiger partial charge is 0.338 e. The normalized spacial score (nSPS) is 12.4. The molecule has 11 heteroatoms. The van der Waals surface area contributed by atoms with Crippen molar-refractivity contribution in [3.05, 3.63) is 35.1 Å². The van der Waals surface area contributed by atoms with Crippen LogP contribution in [0.25, 0.3) is 0 Å². The highest BCUT2D eigenvalue weighted by Gasteiger charge is 2.26. The number of amides is 2. The number of halogens is 1. The lowest BCUT2D eigenvalue weighted by molar-refractivity contribution is -0.216. The average Bonchev–Trinajstić information content (AvgIpc) is 2.83. The first-order valence-electron chi connectivity index (χ1n) is 13.1. The zero-order valence-corrected chi connectivity index (χ0v) is 24.3. The molecule has 1 aromatic carbocycles. The topological polar surface area (TPSA) is 128 Å². The van der Waals surface area contributed by atoms with E-state index in [0.717, 1.165) is 18.9 Å². The van der Waals surface area contributed by atoms with Gasteiger partial charge in [0, 0.05) is 25.2 Å². The van der Waals surface area contributed by atoms with Crippen LogP contribution in [0.1, 0.15) is 89.6 Å². The average molecular weight is 554 g/mol. The van der Waals surface area contributed by atoms with E-state index in [1.54, 1.807) is 20.8 Å². The van der Waals surface area contributed by atoms with Gasteiger partial charge in [0.15, 0.2) is 0 Å². The minimum atomic E-state index is -1.16. The van der Waals surface area contributed by atoms with Gasteiger partial charge in [-0.15, -0.1) is 0 Å². The molecule has 0 bridgehead atoms. The number of nitrogens with zero attached hydrogens (tertiary/aromatic N) is 2. The molecule has 0 aromatic heterocycles. The molecule has 0 heterocycles. The molecule has 10 nitrogen and oxygen atoms in total. The van der Waals surface area contributed by atoms with Gasteiger partial charge in [0.1, 0.15) is 11.4 Å². The fraction of sp³-hybridized carbons (Fsp3) is 0.643. The molecule has 0 unspecified atom stereocenters. The van der Waals surface area contributed by atoms with Crippen LogP contribution in [-0.4, -0.2) is 71.7 Å². The minimum absolute atomic E-state index is 0.123. The quantitative estimate of drug-likeness (QED) is 0.151. The molecule has 0 aliphatic carbocycles. The van der Waals surface area contributed by atoms with Crippen LogP contribution < -0.4 is 5.73 Å². The maximum Gasteiger partial charge on any atom is 0.338 e. The summed E-state index contributed by atoms with van der Waals surface area (Å²) < 4.78 is 24.7. The van der Waals surface area contributed by atoms with E-state index in [1.165, 1.54) is 29.2 Å². The number of hydrogen-bond donors (Lipinski definition) is 1. The van der Waals surface area contributed by atoms with E-state index in [2.05, 4.69) is 4.74 Å². The number of benzene rings is 1. The molecule has 0 aliphatic heterocycles. The predicted molar refractivity (Wildman–Crippen MR) is 144 cm³/mol. The number of unbranched alkanes of at least 4 members (excludes halogenated alkanes) is 3. The third kappa shape index (κ3) is 13.5. The molecule has 1 rings (SSSR count). The summed E-state index contributed by atoms with van der Waals surface area (Å²) in [4.78, 5) is 55.4. The maximum absolute atomic E-state index is 14.7. The third-order valence-corrected chi connectivity index (χ3v) is 5.35. The van der Waals surface area contributed by atoms with Gasteiger partial charge in [-0.25, -0.2) is 14.2 Å². The second-order valence-corrected chi connectivity index (χ2v) is 11.3. The van der Waals surface area contributed by atoms with Crippen molar-refractivity contribution in [1.29, 1.82) is 0 Å². The largest absolute Gasteiger partial charge is 0.469 e. The van der Waals surface area contributed by atoms with E-state index in [0.29, 0.717) is 25.8 Å². The number of esters is 2. The van der Waals surface area contributed by atoms with Gasteiger partial charge in [-0.05, 0) is 72.6 Å². The Labute approximate surface area is 230 Å². The van der Waals surface area contributed by atoms with Crippen LogP contribution in [0.5, 0.6) is 0 Å². The molecule has 0 saturated carbocycles. The molecule has 0 radical (unpaired) electrons. The van der Waals surface area contributed by atoms with E-state index in [9.17, 15) is 23.6 Å². The van der Waals surface area contributed by atoms with E-state index < -0.39 is 40.9 Å². The molecule has 2 N–H and O–H groups in total. The molecule has 0 aliphatic rings. The first-order chi connectivity index (χ1) is 18.1. The predicted octanol–water partition coefficient (Wildman–Crippen LogP) is 3.75. The zero-order chi connectivity index (χ0) is 29.8. The monoisotopic (exact) mass is 553 g/mol. The number of hydrogen-bond acceptors (Lipinski definition) is 8. The molecule has 0 spiro atoms. The van der Waals surface area contributed by atoms with Gasteiger partial charge >= 0.3 is 11.9 Å². The number of carbonyl (C=O) groups is 4. The van der Waals surface area contributed by atoms with Gasteiger partial charge in [-0.2, -0.15) is 0 Å². The van der Waals surface area contributed by atoms with Crippen LogP contribution in [0.3, 0.4) is 0 Å². The summed E-state index contributed by atoms with van der Waals surface area (Å²) in [6.07, 6.45) is 3.08. The molecule has 0 fully saturated rings. The second-order valence-electron chi connectivity index (χ2n) is 11.3. The molecular weight excluding hydrogens is 509 g/mol. The van der Waals surface area contributed by atoms with Crippen LogP contribution in [0.15, 0.2) is 18.2 Å². The van der Waals surface area contributed by atoms with Gasteiger partial charge in [-0.3, -0.25) is 19.2 Å². The van der Waals surface area contributed by atoms with Gasteiger partial charge in [-0.1, -0.05) is 12.8 Å². The summed E-state index contributed by atoms with van der Waals surface area (Å²) >= 11 is 0. The first-order valence-corrected chi connectivity index (χ1v) is 13.1. The number of methoxy groups -OCH3 is 1. The summed E-state index contributed by atoms with van der Waals surface area (Å²) in [5.74, 6) is -2.36. The molecule has 2 amide bonds. The number of carbonyl (C=O) groups excluding carboxylic acids is 4. The Hall–Kier alpha value is -3.05. The Bertz CT molecular complexity index is 973. The minimum Gasteiger partial charge on any atom is -0.469 e. The number of nitrogens with two attached hydrogens (primary N) is 1. The van der Waals surface area contributed by atoms with E-state index in [1.807, 2.05) is 20.8 Å². The van der Waals surface area contributed by atoms with Crippen molar-refractivity contribution in [2.75, 3.05) is 20.2 Å². The van der Waals surface area contributed by atoms with Crippen LogP contribution >= 0.6 is 0 Å².